The Balaban J connectivity index is 1.53. The summed E-state index contributed by atoms with van der Waals surface area (Å²) in [6.07, 6.45) is 8.08. The zero-order chi connectivity index (χ0) is 22.3. The number of para-hydroxylation sites is 1. The number of nitrogens with zero attached hydrogens (tertiary/aromatic N) is 3. The molecule has 2 unspecified atom stereocenters. The third-order valence-corrected chi connectivity index (χ3v) is 5.54. The molecule has 2 aromatic rings. The van der Waals surface area contributed by atoms with Crippen molar-refractivity contribution in [1.82, 2.24) is 14.9 Å². The Bertz CT molecular complexity index is 1180. The van der Waals surface area contributed by atoms with E-state index in [-0.39, 0.29) is 35.4 Å². The second kappa shape index (κ2) is 7.70. The molecule has 3 heterocycles. The smallest absolute Gasteiger partial charge is 0.394 e. The van der Waals surface area contributed by atoms with Crippen LogP contribution in [0.4, 0.5) is 18.9 Å². The molecule has 0 spiro atoms. The molecule has 10 heteroatoms. The molecule has 7 nitrogen and oxygen atoms in total. The minimum absolute atomic E-state index is 0.124. The Hall–Kier alpha value is -3.82. The van der Waals surface area contributed by atoms with Crippen LogP contribution in [0.1, 0.15) is 11.1 Å². The molecule has 0 radical (unpaired) electrons. The van der Waals surface area contributed by atoms with Crippen molar-refractivity contribution in [2.75, 3.05) is 11.9 Å². The van der Waals surface area contributed by atoms with E-state index in [9.17, 15) is 18.0 Å². The number of fused-ring (bicyclic) bond motifs is 2. The number of allylic oxidation sites excluding steroid dienone is 3. The van der Waals surface area contributed by atoms with Crippen LogP contribution in [0.15, 0.2) is 72.1 Å². The second-order valence-electron chi connectivity index (χ2n) is 7.51. The van der Waals surface area contributed by atoms with Crippen molar-refractivity contribution < 1.29 is 22.8 Å². The highest BCUT2D eigenvalue weighted by Gasteiger charge is 2.43. The van der Waals surface area contributed by atoms with Gasteiger partial charge in [0.1, 0.15) is 12.3 Å². The van der Waals surface area contributed by atoms with E-state index in [2.05, 4.69) is 20.8 Å². The fourth-order valence-corrected chi connectivity index (χ4v) is 4.08. The predicted molar refractivity (Wildman–Crippen MR) is 111 cm³/mol. The molecule has 2 aliphatic heterocycles. The molecule has 1 amide bonds. The van der Waals surface area contributed by atoms with Gasteiger partial charge in [-0.1, -0.05) is 41.6 Å². The van der Waals surface area contributed by atoms with Gasteiger partial charge in [0.2, 0.25) is 0 Å². The normalized spacial score (nSPS) is 25.0. The first-order valence-corrected chi connectivity index (χ1v) is 9.97. The van der Waals surface area contributed by atoms with Crippen molar-refractivity contribution in [2.45, 2.75) is 18.8 Å². The summed E-state index contributed by atoms with van der Waals surface area (Å²) in [4.78, 5) is 22.3. The van der Waals surface area contributed by atoms with E-state index in [0.29, 0.717) is 18.0 Å². The number of carbonyl (C=O) groups is 1. The number of hydrogen-bond donors (Lipinski definition) is 2. The van der Waals surface area contributed by atoms with Crippen LogP contribution in [0.25, 0.3) is 5.57 Å². The number of amides is 1. The van der Waals surface area contributed by atoms with Crippen LogP contribution < -0.4 is 10.6 Å². The van der Waals surface area contributed by atoms with Crippen molar-refractivity contribution in [2.24, 2.45) is 11.1 Å². The molecule has 1 saturated heterocycles. The average molecular weight is 441 g/mol. The fraction of sp³-hybridized carbons (Fsp3) is 0.227. The van der Waals surface area contributed by atoms with Crippen LogP contribution in [0.2, 0.25) is 0 Å². The molecule has 164 valence electrons. The summed E-state index contributed by atoms with van der Waals surface area (Å²) in [5.74, 6) is -0.824. The van der Waals surface area contributed by atoms with Crippen molar-refractivity contribution >= 4 is 22.9 Å². The van der Waals surface area contributed by atoms with Crippen LogP contribution in [0, 0.1) is 5.92 Å². The number of nitrogens with one attached hydrogen (secondary N) is 2. The Morgan fingerprint density at radius 2 is 2.06 bits per heavy atom. The highest BCUT2D eigenvalue weighted by molar-refractivity contribution is 6.36. The fourth-order valence-electron chi connectivity index (χ4n) is 4.08. The van der Waals surface area contributed by atoms with Gasteiger partial charge in [0.25, 0.3) is 5.91 Å². The van der Waals surface area contributed by atoms with Crippen LogP contribution in [0.5, 0.6) is 0 Å². The minimum Gasteiger partial charge on any atom is -0.394 e. The Labute approximate surface area is 181 Å². The summed E-state index contributed by atoms with van der Waals surface area (Å²) in [5.41, 5.74) is 0.0233. The summed E-state index contributed by atoms with van der Waals surface area (Å²) in [6.45, 7) is 0.790. The van der Waals surface area contributed by atoms with E-state index >= 15 is 0 Å². The molecular weight excluding hydrogens is 423 g/mol. The molecule has 1 aliphatic carbocycles. The minimum atomic E-state index is -4.59. The van der Waals surface area contributed by atoms with Crippen LogP contribution >= 0.6 is 0 Å². The van der Waals surface area contributed by atoms with Gasteiger partial charge in [0.15, 0.2) is 0 Å². The van der Waals surface area contributed by atoms with E-state index in [1.807, 2.05) is 28.9 Å². The molecule has 2 atom stereocenters. The maximum absolute atomic E-state index is 13.5. The predicted octanol–water partition coefficient (Wildman–Crippen LogP) is 3.35. The summed E-state index contributed by atoms with van der Waals surface area (Å²) < 4.78 is 42.2. The molecule has 1 aromatic carbocycles. The summed E-state index contributed by atoms with van der Waals surface area (Å²) in [6, 6.07) is 3.57. The van der Waals surface area contributed by atoms with E-state index < -0.39 is 17.6 Å². The van der Waals surface area contributed by atoms with Crippen molar-refractivity contribution in [3.63, 3.8) is 0 Å². The quantitative estimate of drug-likeness (QED) is 0.433. The van der Waals surface area contributed by atoms with Crippen molar-refractivity contribution in [3.8, 4) is 0 Å². The first kappa shape index (κ1) is 20.1. The number of benzene rings is 1. The third-order valence-electron chi connectivity index (χ3n) is 5.54. The van der Waals surface area contributed by atoms with E-state index in [1.165, 1.54) is 12.1 Å². The maximum atomic E-state index is 13.5. The number of alkyl halides is 3. The number of carbonyl (C=O) groups excluding carboxylic acids is 1. The van der Waals surface area contributed by atoms with E-state index in [1.54, 1.807) is 18.7 Å². The Morgan fingerprint density at radius 1 is 1.22 bits per heavy atom. The van der Waals surface area contributed by atoms with Gasteiger partial charge < -0.3 is 20.0 Å². The van der Waals surface area contributed by atoms with Gasteiger partial charge >= 0.3 is 6.18 Å². The van der Waals surface area contributed by atoms with Gasteiger partial charge in [-0.05, 0) is 6.07 Å². The third kappa shape index (κ3) is 3.47. The molecule has 1 aromatic heterocycles. The lowest BCUT2D eigenvalue weighted by molar-refractivity contribution is -0.136. The van der Waals surface area contributed by atoms with E-state index in [0.717, 1.165) is 6.07 Å². The summed E-state index contributed by atoms with van der Waals surface area (Å²) in [5, 5.41) is 9.92. The molecular formula is C22H18F3N5O2. The van der Waals surface area contributed by atoms with E-state index in [4.69, 9.17) is 4.84 Å². The Morgan fingerprint density at radius 3 is 2.84 bits per heavy atom. The van der Waals surface area contributed by atoms with Crippen LogP contribution in [-0.2, 0) is 22.4 Å². The zero-order valence-electron chi connectivity index (χ0n) is 16.6. The van der Waals surface area contributed by atoms with Gasteiger partial charge in [-0.25, -0.2) is 4.98 Å². The number of anilines is 1. The number of aromatic nitrogens is 2. The van der Waals surface area contributed by atoms with Crippen LogP contribution in [0.3, 0.4) is 0 Å². The standard InChI is InChI=1S/C22H18F3N5O2/c23-22(24,25)15-6-3-5-14-17(21(31)28-18(14)15)20-19(13-4-1-2-7-16(13)27-20)29-32-11-10-30-9-8-26-12-30/h1-9,12-13,16,27H,10-11H2,(H,28,31)/b20-17-,29-19+. The number of hydrogen-bond acceptors (Lipinski definition) is 5. The molecule has 3 aliphatic rings. The highest BCUT2D eigenvalue weighted by Crippen LogP contribution is 2.44. The first-order valence-electron chi connectivity index (χ1n) is 9.97. The lowest BCUT2D eigenvalue weighted by Gasteiger charge is -2.13. The SMILES string of the molecule is O=C1Nc2c(cccc2C(F)(F)F)/C1=C1/NC2C=CC=CC2/C1=N\OCCn1ccnc1. The number of halogens is 3. The van der Waals surface area contributed by atoms with Crippen LogP contribution in [-0.4, -0.2) is 33.8 Å². The van der Waals surface area contributed by atoms with Gasteiger partial charge in [-0.15, -0.1) is 0 Å². The van der Waals surface area contributed by atoms with Gasteiger partial charge in [0, 0.05) is 23.9 Å². The summed E-state index contributed by atoms with van der Waals surface area (Å²) in [7, 11) is 0. The first-order chi connectivity index (χ1) is 15.4. The molecule has 5 rings (SSSR count). The number of oxime groups is 1. The van der Waals surface area contributed by atoms with Crippen molar-refractivity contribution in [1.29, 1.82) is 0 Å². The molecule has 0 saturated carbocycles. The molecule has 0 bridgehead atoms. The monoisotopic (exact) mass is 441 g/mol. The van der Waals surface area contributed by atoms with Gasteiger partial charge in [-0.2, -0.15) is 13.2 Å². The van der Waals surface area contributed by atoms with Gasteiger partial charge in [-0.3, -0.25) is 4.79 Å². The highest BCUT2D eigenvalue weighted by atomic mass is 19.4. The molecule has 2 N–H and O–H groups in total. The average Bonchev–Trinajstić information content (AvgIpc) is 3.47. The Kier molecular flexibility index (Phi) is 4.84. The topological polar surface area (TPSA) is 80.5 Å². The van der Waals surface area contributed by atoms with Gasteiger partial charge in [0.05, 0.1) is 41.4 Å². The zero-order valence-corrected chi connectivity index (χ0v) is 16.6. The molecule has 32 heavy (non-hydrogen) atoms. The number of rotatable bonds is 4. The van der Waals surface area contributed by atoms with Crippen molar-refractivity contribution in [3.05, 3.63) is 78.0 Å². The number of imidazole rings is 1. The maximum Gasteiger partial charge on any atom is 0.418 e. The lowest BCUT2D eigenvalue weighted by Crippen LogP contribution is -2.25. The molecule has 1 fully saturated rings. The summed E-state index contributed by atoms with van der Waals surface area (Å²) >= 11 is 0. The second-order valence-corrected chi connectivity index (χ2v) is 7.51. The largest absolute Gasteiger partial charge is 0.418 e. The lowest BCUT2D eigenvalue weighted by atomic mass is 9.92.